The molecule has 0 spiro atoms. The molecule has 11 heteroatoms. The fraction of sp³-hybridized carbons (Fsp3) is 0.333. The molecule has 1 atom stereocenters. The van der Waals surface area contributed by atoms with Gasteiger partial charge in [-0.3, -0.25) is 4.72 Å². The van der Waals surface area contributed by atoms with E-state index in [2.05, 4.69) is 24.4 Å². The summed E-state index contributed by atoms with van der Waals surface area (Å²) in [6.07, 6.45) is 6.37. The molecule has 0 saturated heterocycles. The zero-order chi connectivity index (χ0) is 18.8. The van der Waals surface area contributed by atoms with Gasteiger partial charge in [-0.2, -0.15) is 0 Å². The van der Waals surface area contributed by atoms with E-state index in [1.807, 2.05) is 12.2 Å². The van der Waals surface area contributed by atoms with Crippen molar-refractivity contribution in [1.82, 2.24) is 15.0 Å². The second-order valence-electron chi connectivity index (χ2n) is 5.86. The summed E-state index contributed by atoms with van der Waals surface area (Å²) in [7, 11) is -7.67. The highest BCUT2D eigenvalue weighted by Crippen LogP contribution is 2.20. The molecule has 0 fully saturated rings. The summed E-state index contributed by atoms with van der Waals surface area (Å²) in [6, 6.07) is 4.68. The van der Waals surface area contributed by atoms with Crippen molar-refractivity contribution in [3.63, 3.8) is 0 Å². The molecule has 1 heterocycles. The van der Waals surface area contributed by atoms with Crippen LogP contribution in [0.3, 0.4) is 0 Å². The molecule has 1 aromatic carbocycles. The lowest BCUT2D eigenvalue weighted by atomic mass is 10.0. The lowest BCUT2D eigenvalue weighted by Crippen LogP contribution is -2.34. The van der Waals surface area contributed by atoms with Crippen molar-refractivity contribution in [3.05, 3.63) is 42.1 Å². The summed E-state index contributed by atoms with van der Waals surface area (Å²) in [5.41, 5.74) is 0.289. The number of nitrogens with zero attached hydrogens (tertiary/aromatic N) is 2. The molecule has 0 saturated carbocycles. The van der Waals surface area contributed by atoms with E-state index in [1.54, 1.807) is 0 Å². The van der Waals surface area contributed by atoms with Crippen molar-refractivity contribution >= 4 is 25.9 Å². The number of aryl methyl sites for hydroxylation is 1. The molecular formula is C15H18N4O5S2. The normalized spacial score (nSPS) is 18.0. The molecule has 1 aromatic heterocycles. The van der Waals surface area contributed by atoms with E-state index in [1.165, 1.54) is 31.2 Å². The Balaban J connectivity index is 1.78. The molecule has 0 bridgehead atoms. The summed E-state index contributed by atoms with van der Waals surface area (Å²) in [5, 5.41) is 6.95. The first-order valence-corrected chi connectivity index (χ1v) is 10.9. The minimum Gasteiger partial charge on any atom is -0.259 e. The number of hydrogen-bond acceptors (Lipinski definition) is 7. The number of rotatable bonds is 6. The van der Waals surface area contributed by atoms with Gasteiger partial charge >= 0.3 is 0 Å². The maximum atomic E-state index is 12.4. The molecular weight excluding hydrogens is 380 g/mol. The van der Waals surface area contributed by atoms with Crippen LogP contribution in [0.25, 0.3) is 0 Å². The van der Waals surface area contributed by atoms with E-state index in [4.69, 9.17) is 0 Å². The third-order valence-electron chi connectivity index (χ3n) is 3.89. The van der Waals surface area contributed by atoms with Crippen LogP contribution in [0, 0.1) is 6.92 Å². The Bertz CT molecular complexity index is 1010. The average Bonchev–Trinajstić information content (AvgIpc) is 3.00. The number of allylic oxidation sites excluding steroid dienone is 1. The van der Waals surface area contributed by atoms with Crippen LogP contribution in [0.5, 0.6) is 0 Å². The van der Waals surface area contributed by atoms with Crippen LogP contribution < -0.4 is 9.44 Å². The predicted octanol–water partition coefficient (Wildman–Crippen LogP) is 1.57. The smallest absolute Gasteiger partial charge is 0.259 e. The summed E-state index contributed by atoms with van der Waals surface area (Å²) >= 11 is 0. The molecule has 26 heavy (non-hydrogen) atoms. The molecule has 2 N–H and O–H groups in total. The average molecular weight is 398 g/mol. The molecule has 9 nitrogen and oxygen atoms in total. The van der Waals surface area contributed by atoms with Gasteiger partial charge in [-0.25, -0.2) is 26.2 Å². The van der Waals surface area contributed by atoms with Crippen molar-refractivity contribution in [1.29, 1.82) is 0 Å². The van der Waals surface area contributed by atoms with Gasteiger partial charge in [-0.1, -0.05) is 17.3 Å². The van der Waals surface area contributed by atoms with Gasteiger partial charge in [0.2, 0.25) is 15.8 Å². The Kier molecular flexibility index (Phi) is 5.12. The Morgan fingerprint density at radius 2 is 1.69 bits per heavy atom. The summed E-state index contributed by atoms with van der Waals surface area (Å²) in [5.74, 6) is -0.0209. The quantitative estimate of drug-likeness (QED) is 0.706. The van der Waals surface area contributed by atoms with Crippen molar-refractivity contribution in [2.75, 3.05) is 4.72 Å². The molecule has 3 rings (SSSR count). The van der Waals surface area contributed by atoms with E-state index in [0.29, 0.717) is 0 Å². The number of benzene rings is 1. The van der Waals surface area contributed by atoms with Crippen molar-refractivity contribution in [2.45, 2.75) is 42.0 Å². The lowest BCUT2D eigenvalue weighted by molar-refractivity contribution is 0.306. The third kappa shape index (κ3) is 4.11. The van der Waals surface area contributed by atoms with Gasteiger partial charge in [-0.05, 0) is 55.6 Å². The molecule has 1 unspecified atom stereocenters. The molecule has 2 aromatic rings. The van der Waals surface area contributed by atoms with Crippen molar-refractivity contribution in [3.8, 4) is 0 Å². The number of aromatic nitrogens is 2. The predicted molar refractivity (Wildman–Crippen MR) is 93.4 cm³/mol. The number of anilines is 1. The fourth-order valence-corrected chi connectivity index (χ4v) is 4.76. The number of nitrogens with one attached hydrogen (secondary N) is 2. The topological polar surface area (TPSA) is 131 Å². The van der Waals surface area contributed by atoms with Gasteiger partial charge in [0.15, 0.2) is 0 Å². The van der Waals surface area contributed by atoms with Gasteiger partial charge in [0, 0.05) is 6.04 Å². The molecule has 1 aliphatic carbocycles. The minimum atomic E-state index is -3.93. The first-order valence-electron chi connectivity index (χ1n) is 7.89. The monoisotopic (exact) mass is 398 g/mol. The largest absolute Gasteiger partial charge is 0.263 e. The van der Waals surface area contributed by atoms with Crippen LogP contribution in [0.15, 0.2) is 50.8 Å². The van der Waals surface area contributed by atoms with Gasteiger partial charge in [-0.15, -0.1) is 0 Å². The third-order valence-corrected chi connectivity index (χ3v) is 6.75. The van der Waals surface area contributed by atoms with Crippen LogP contribution in [0.2, 0.25) is 0 Å². The first-order chi connectivity index (χ1) is 12.3. The Labute approximate surface area is 151 Å². The number of hydrogen-bond donors (Lipinski definition) is 2. The van der Waals surface area contributed by atoms with Crippen LogP contribution in [-0.4, -0.2) is 33.2 Å². The van der Waals surface area contributed by atoms with E-state index < -0.39 is 20.0 Å². The summed E-state index contributed by atoms with van der Waals surface area (Å²) in [4.78, 5) is -0.105. The second kappa shape index (κ2) is 7.17. The zero-order valence-corrected chi connectivity index (χ0v) is 15.5. The van der Waals surface area contributed by atoms with E-state index in [0.717, 1.165) is 19.3 Å². The standard InChI is InChI=1S/C15H18N4O5S2/c1-11-15(17-24-16-11)19-26(22,23)14-9-7-13(8-10-14)25(20,21)18-12-5-3-2-4-6-12/h3,5,7-10,12,18H,2,4,6H2,1H3,(H,17,19). The van der Waals surface area contributed by atoms with Gasteiger partial charge in [0.25, 0.3) is 10.0 Å². The lowest BCUT2D eigenvalue weighted by Gasteiger charge is -2.18. The summed E-state index contributed by atoms with van der Waals surface area (Å²) < 4.78 is 58.8. The Morgan fingerprint density at radius 3 is 2.23 bits per heavy atom. The van der Waals surface area contributed by atoms with Crippen molar-refractivity contribution < 1.29 is 21.5 Å². The van der Waals surface area contributed by atoms with Gasteiger partial charge in [0.1, 0.15) is 5.69 Å². The molecule has 0 radical (unpaired) electrons. The SMILES string of the molecule is Cc1nonc1NS(=O)(=O)c1ccc(S(=O)(=O)NC2C=CCCC2)cc1. The fourth-order valence-electron chi connectivity index (χ4n) is 2.49. The highest BCUT2D eigenvalue weighted by atomic mass is 32.2. The molecule has 140 valence electrons. The highest BCUT2D eigenvalue weighted by molar-refractivity contribution is 7.92. The van der Waals surface area contributed by atoms with Gasteiger partial charge in [0.05, 0.1) is 9.79 Å². The highest BCUT2D eigenvalue weighted by Gasteiger charge is 2.22. The molecule has 0 aliphatic heterocycles. The van der Waals surface area contributed by atoms with E-state index in [9.17, 15) is 16.8 Å². The van der Waals surface area contributed by atoms with Crippen LogP contribution >= 0.6 is 0 Å². The van der Waals surface area contributed by atoms with Crippen LogP contribution in [-0.2, 0) is 20.0 Å². The number of sulfonamides is 2. The van der Waals surface area contributed by atoms with E-state index in [-0.39, 0.29) is 27.3 Å². The first kappa shape index (κ1) is 18.5. The Morgan fingerprint density at radius 1 is 1.04 bits per heavy atom. The summed E-state index contributed by atoms with van der Waals surface area (Å²) in [6.45, 7) is 1.54. The van der Waals surface area contributed by atoms with Crippen LogP contribution in [0.4, 0.5) is 5.82 Å². The van der Waals surface area contributed by atoms with E-state index >= 15 is 0 Å². The van der Waals surface area contributed by atoms with Gasteiger partial charge < -0.3 is 0 Å². The Hall–Kier alpha value is -2.24. The van der Waals surface area contributed by atoms with Crippen molar-refractivity contribution in [2.24, 2.45) is 0 Å². The second-order valence-corrected chi connectivity index (χ2v) is 9.26. The minimum absolute atomic E-state index is 0.00490. The maximum absolute atomic E-state index is 12.4. The molecule has 1 aliphatic rings. The van der Waals surface area contributed by atoms with Crippen LogP contribution in [0.1, 0.15) is 25.0 Å². The zero-order valence-electron chi connectivity index (χ0n) is 13.9. The maximum Gasteiger partial charge on any atom is 0.263 e. The molecule has 0 amide bonds.